The van der Waals surface area contributed by atoms with Gasteiger partial charge < -0.3 is 14.8 Å². The second-order valence-electron chi connectivity index (χ2n) is 3.87. The predicted molar refractivity (Wildman–Crippen MR) is 79.4 cm³/mol. The maximum Gasteiger partial charge on any atom is 0.256 e. The van der Waals surface area contributed by atoms with Gasteiger partial charge in [0, 0.05) is 5.56 Å². The number of methoxy groups -OCH3 is 2. The second kappa shape index (κ2) is 6.38. The van der Waals surface area contributed by atoms with E-state index < -0.39 is 0 Å². The third kappa shape index (κ3) is 3.27. The zero-order valence-electron chi connectivity index (χ0n) is 11.0. The number of rotatable bonds is 4. The molecule has 2 aromatic rings. The molecule has 5 nitrogen and oxygen atoms in total. The lowest BCUT2D eigenvalue weighted by Gasteiger charge is -2.09. The molecule has 0 spiro atoms. The van der Waals surface area contributed by atoms with Crippen molar-refractivity contribution in [2.75, 3.05) is 19.5 Å². The van der Waals surface area contributed by atoms with E-state index in [9.17, 15) is 4.79 Å². The minimum absolute atomic E-state index is 0.267. The number of amides is 1. The monoisotopic (exact) mass is 336 g/mol. The normalized spacial score (nSPS) is 9.95. The van der Waals surface area contributed by atoms with Crippen LogP contribution in [-0.4, -0.2) is 25.1 Å². The molecule has 0 fully saturated rings. The molecule has 0 aliphatic carbocycles. The lowest BCUT2D eigenvalue weighted by Crippen LogP contribution is -2.13. The lowest BCUT2D eigenvalue weighted by molar-refractivity contribution is 0.102. The van der Waals surface area contributed by atoms with Crippen LogP contribution in [0.15, 0.2) is 41.0 Å². The van der Waals surface area contributed by atoms with Crippen molar-refractivity contribution < 1.29 is 14.3 Å². The van der Waals surface area contributed by atoms with Gasteiger partial charge in [-0.1, -0.05) is 6.07 Å². The number of hydrogen-bond acceptors (Lipinski definition) is 4. The summed E-state index contributed by atoms with van der Waals surface area (Å²) in [5, 5.41) is 2.71. The van der Waals surface area contributed by atoms with Crippen molar-refractivity contribution >= 4 is 27.7 Å². The van der Waals surface area contributed by atoms with E-state index in [1.54, 1.807) is 43.5 Å². The Morgan fingerprint density at radius 3 is 2.55 bits per heavy atom. The van der Waals surface area contributed by atoms with Crippen LogP contribution in [0, 0.1) is 0 Å². The van der Waals surface area contributed by atoms with Gasteiger partial charge in [0.05, 0.1) is 14.2 Å². The average Bonchev–Trinajstić information content (AvgIpc) is 2.46. The summed E-state index contributed by atoms with van der Waals surface area (Å²) in [5.41, 5.74) is 0.462. The van der Waals surface area contributed by atoms with E-state index in [-0.39, 0.29) is 5.91 Å². The molecule has 1 aromatic heterocycles. The number of carbonyl (C=O) groups is 1. The van der Waals surface area contributed by atoms with Gasteiger partial charge in [-0.2, -0.15) is 0 Å². The molecule has 1 heterocycles. The summed E-state index contributed by atoms with van der Waals surface area (Å²) in [6.07, 6.45) is 0. The molecule has 0 bridgehead atoms. The van der Waals surface area contributed by atoms with E-state index in [4.69, 9.17) is 9.47 Å². The van der Waals surface area contributed by atoms with E-state index in [2.05, 4.69) is 26.2 Å². The number of anilines is 1. The van der Waals surface area contributed by atoms with Gasteiger partial charge in [0.15, 0.2) is 11.5 Å². The van der Waals surface area contributed by atoms with Crippen molar-refractivity contribution in [2.24, 2.45) is 0 Å². The van der Waals surface area contributed by atoms with Crippen molar-refractivity contribution in [3.63, 3.8) is 0 Å². The number of halogens is 1. The maximum absolute atomic E-state index is 12.1. The van der Waals surface area contributed by atoms with Gasteiger partial charge >= 0.3 is 0 Å². The molecule has 104 valence electrons. The molecule has 2 rings (SSSR count). The summed E-state index contributed by atoms with van der Waals surface area (Å²) in [7, 11) is 3.07. The summed E-state index contributed by atoms with van der Waals surface area (Å²) in [6, 6.07) is 10.2. The van der Waals surface area contributed by atoms with Gasteiger partial charge in [-0.15, -0.1) is 0 Å². The summed E-state index contributed by atoms with van der Waals surface area (Å²) in [6.45, 7) is 0. The molecule has 0 radical (unpaired) electrons. The van der Waals surface area contributed by atoms with Crippen molar-refractivity contribution in [3.05, 3.63) is 46.6 Å². The largest absolute Gasteiger partial charge is 0.493 e. The third-order valence-corrected chi connectivity index (χ3v) is 3.04. The van der Waals surface area contributed by atoms with E-state index >= 15 is 0 Å². The average molecular weight is 337 g/mol. The van der Waals surface area contributed by atoms with Crippen LogP contribution in [0.5, 0.6) is 11.5 Å². The molecule has 0 saturated carbocycles. The Morgan fingerprint density at radius 1 is 1.15 bits per heavy atom. The number of aromatic nitrogens is 1. The highest BCUT2D eigenvalue weighted by Gasteiger charge is 2.11. The van der Waals surface area contributed by atoms with Crippen LogP contribution in [-0.2, 0) is 0 Å². The Hall–Kier alpha value is -2.08. The van der Waals surface area contributed by atoms with Gasteiger partial charge in [0.25, 0.3) is 5.91 Å². The summed E-state index contributed by atoms with van der Waals surface area (Å²) >= 11 is 3.25. The second-order valence-corrected chi connectivity index (χ2v) is 4.68. The quantitative estimate of drug-likeness (QED) is 0.871. The molecule has 0 aliphatic rings. The van der Waals surface area contributed by atoms with E-state index in [1.807, 2.05) is 0 Å². The van der Waals surface area contributed by atoms with E-state index in [1.165, 1.54) is 7.11 Å². The van der Waals surface area contributed by atoms with Gasteiger partial charge in [-0.05, 0) is 46.3 Å². The zero-order valence-corrected chi connectivity index (χ0v) is 12.6. The highest BCUT2D eigenvalue weighted by molar-refractivity contribution is 9.10. The number of benzene rings is 1. The van der Waals surface area contributed by atoms with Crippen molar-refractivity contribution in [2.45, 2.75) is 0 Å². The molecule has 0 aliphatic heterocycles. The van der Waals surface area contributed by atoms with Gasteiger partial charge in [0.1, 0.15) is 10.4 Å². The molecule has 1 aromatic carbocycles. The Balaban J connectivity index is 2.21. The molecule has 1 N–H and O–H groups in total. The first kappa shape index (κ1) is 14.3. The van der Waals surface area contributed by atoms with Crippen LogP contribution < -0.4 is 14.8 Å². The fourth-order valence-electron chi connectivity index (χ4n) is 1.64. The summed E-state index contributed by atoms with van der Waals surface area (Å²) in [5.74, 6) is 1.28. The first-order valence-corrected chi connectivity index (χ1v) is 6.59. The minimum atomic E-state index is -0.267. The van der Waals surface area contributed by atoms with Gasteiger partial charge in [0.2, 0.25) is 0 Å². The lowest BCUT2D eigenvalue weighted by atomic mass is 10.2. The fourth-order valence-corrected chi connectivity index (χ4v) is 1.99. The topological polar surface area (TPSA) is 60.5 Å². The first-order valence-electron chi connectivity index (χ1n) is 5.80. The van der Waals surface area contributed by atoms with Crippen LogP contribution >= 0.6 is 15.9 Å². The number of hydrogen-bond donors (Lipinski definition) is 1. The van der Waals surface area contributed by atoms with Crippen molar-refractivity contribution in [1.82, 2.24) is 4.98 Å². The van der Waals surface area contributed by atoms with Crippen LogP contribution in [0.2, 0.25) is 0 Å². The maximum atomic E-state index is 12.1. The van der Waals surface area contributed by atoms with Crippen LogP contribution in [0.25, 0.3) is 0 Å². The number of nitrogens with zero attached hydrogens (tertiary/aromatic N) is 1. The minimum Gasteiger partial charge on any atom is -0.493 e. The predicted octanol–water partition coefficient (Wildman–Crippen LogP) is 3.11. The van der Waals surface area contributed by atoms with Crippen LogP contribution in [0.1, 0.15) is 10.4 Å². The number of ether oxygens (including phenoxy) is 2. The molecule has 0 unspecified atom stereocenters. The smallest absolute Gasteiger partial charge is 0.256 e. The number of nitrogens with one attached hydrogen (secondary N) is 1. The van der Waals surface area contributed by atoms with Gasteiger partial charge in [-0.3, -0.25) is 4.79 Å². The Labute approximate surface area is 125 Å². The number of pyridine rings is 1. The van der Waals surface area contributed by atoms with Gasteiger partial charge in [-0.25, -0.2) is 4.98 Å². The van der Waals surface area contributed by atoms with E-state index in [0.29, 0.717) is 27.5 Å². The third-order valence-electron chi connectivity index (χ3n) is 2.60. The molecule has 1 amide bonds. The van der Waals surface area contributed by atoms with E-state index in [0.717, 1.165) is 0 Å². The van der Waals surface area contributed by atoms with Crippen molar-refractivity contribution in [3.8, 4) is 11.5 Å². The molecule has 0 atom stereocenters. The highest BCUT2D eigenvalue weighted by Crippen LogP contribution is 2.27. The zero-order chi connectivity index (χ0) is 14.5. The van der Waals surface area contributed by atoms with Crippen molar-refractivity contribution in [1.29, 1.82) is 0 Å². The Morgan fingerprint density at radius 2 is 1.90 bits per heavy atom. The fraction of sp³-hybridized carbons (Fsp3) is 0.143. The molecule has 0 saturated heterocycles. The molecular weight excluding hydrogens is 324 g/mol. The summed E-state index contributed by atoms with van der Waals surface area (Å²) in [4.78, 5) is 16.3. The Bertz CT molecular complexity index is 632. The SMILES string of the molecule is COc1ccc(C(=O)Nc2cccc(Br)n2)cc1OC. The summed E-state index contributed by atoms with van der Waals surface area (Å²) < 4.78 is 11.0. The Kier molecular flexibility index (Phi) is 4.57. The standard InChI is InChI=1S/C14H13BrN2O3/c1-19-10-7-6-9(8-11(10)20-2)14(18)17-13-5-3-4-12(15)16-13/h3-8H,1-2H3,(H,16,17,18). The molecular formula is C14H13BrN2O3. The molecule has 6 heteroatoms. The first-order chi connectivity index (χ1) is 9.63. The van der Waals surface area contributed by atoms with Crippen LogP contribution in [0.3, 0.4) is 0 Å². The number of carbonyl (C=O) groups excluding carboxylic acids is 1. The van der Waals surface area contributed by atoms with Crippen LogP contribution in [0.4, 0.5) is 5.82 Å². The highest BCUT2D eigenvalue weighted by atomic mass is 79.9. The molecule has 20 heavy (non-hydrogen) atoms.